The second-order valence-electron chi connectivity index (χ2n) is 6.22. The highest BCUT2D eigenvalue weighted by Gasteiger charge is 2.21. The molecule has 0 unspecified atom stereocenters. The Morgan fingerprint density at radius 2 is 1.86 bits per heavy atom. The molecule has 0 spiro atoms. The van der Waals surface area contributed by atoms with Crippen molar-refractivity contribution in [1.82, 2.24) is 5.32 Å². The van der Waals surface area contributed by atoms with E-state index in [1.54, 1.807) is 6.07 Å². The Labute approximate surface area is 126 Å². The molecule has 1 aliphatic heterocycles. The number of phenolic OH excluding ortho intramolecular Hbond substituents is 1. The Morgan fingerprint density at radius 1 is 1.14 bits per heavy atom. The van der Waals surface area contributed by atoms with Crippen LogP contribution in [0.1, 0.15) is 51.0 Å². The van der Waals surface area contributed by atoms with Gasteiger partial charge in [-0.15, -0.1) is 0 Å². The zero-order valence-electron chi connectivity index (χ0n) is 12.7. The molecule has 21 heavy (non-hydrogen) atoms. The maximum Gasteiger partial charge on any atom is 0.231 e. The summed E-state index contributed by atoms with van der Waals surface area (Å²) in [7, 11) is 0. The lowest BCUT2D eigenvalue weighted by molar-refractivity contribution is 0.174. The van der Waals surface area contributed by atoms with Crippen LogP contribution < -0.4 is 14.8 Å². The van der Waals surface area contributed by atoms with Gasteiger partial charge in [0.15, 0.2) is 11.5 Å². The first-order valence-corrected chi connectivity index (χ1v) is 8.11. The predicted octanol–water partition coefficient (Wildman–Crippen LogP) is 3.57. The van der Waals surface area contributed by atoms with Gasteiger partial charge in [-0.2, -0.15) is 0 Å². The van der Waals surface area contributed by atoms with E-state index in [2.05, 4.69) is 12.2 Å². The quantitative estimate of drug-likeness (QED) is 0.871. The van der Waals surface area contributed by atoms with Crippen LogP contribution in [-0.4, -0.2) is 17.9 Å². The Hall–Kier alpha value is -1.42. The lowest BCUT2D eigenvalue weighted by Crippen LogP contribution is -2.32. The molecule has 1 saturated carbocycles. The minimum Gasteiger partial charge on any atom is -0.507 e. The first-order valence-electron chi connectivity index (χ1n) is 8.11. The van der Waals surface area contributed by atoms with E-state index in [0.29, 0.717) is 18.3 Å². The number of fused-ring (bicyclic) bond motifs is 1. The van der Waals surface area contributed by atoms with Crippen LogP contribution in [0.5, 0.6) is 17.2 Å². The van der Waals surface area contributed by atoms with Crippen LogP contribution in [0.25, 0.3) is 0 Å². The molecule has 1 aliphatic carbocycles. The van der Waals surface area contributed by atoms with Crippen LogP contribution in [0.15, 0.2) is 12.1 Å². The zero-order valence-corrected chi connectivity index (χ0v) is 12.7. The van der Waals surface area contributed by atoms with Gasteiger partial charge in [0.25, 0.3) is 0 Å². The van der Waals surface area contributed by atoms with Crippen molar-refractivity contribution in [2.75, 3.05) is 6.79 Å². The van der Waals surface area contributed by atoms with Crippen molar-refractivity contribution in [3.8, 4) is 17.2 Å². The van der Waals surface area contributed by atoms with E-state index in [1.807, 2.05) is 6.07 Å². The fourth-order valence-corrected chi connectivity index (χ4v) is 3.43. The monoisotopic (exact) mass is 291 g/mol. The number of aromatic hydroxyl groups is 1. The van der Waals surface area contributed by atoms with E-state index in [1.165, 1.54) is 38.5 Å². The lowest BCUT2D eigenvalue weighted by Gasteiger charge is -2.29. The average molecular weight is 291 g/mol. The van der Waals surface area contributed by atoms with E-state index in [0.717, 1.165) is 17.2 Å². The van der Waals surface area contributed by atoms with Crippen LogP contribution in [0.3, 0.4) is 0 Å². The summed E-state index contributed by atoms with van der Waals surface area (Å²) in [4.78, 5) is 0. The molecule has 3 rings (SSSR count). The fraction of sp³-hybridized carbons (Fsp3) is 0.647. The normalized spacial score (nSPS) is 24.2. The van der Waals surface area contributed by atoms with Gasteiger partial charge in [0.1, 0.15) is 5.75 Å². The molecule has 4 nitrogen and oxygen atoms in total. The smallest absolute Gasteiger partial charge is 0.231 e. The third kappa shape index (κ3) is 3.43. The molecular weight excluding hydrogens is 266 g/mol. The van der Waals surface area contributed by atoms with Gasteiger partial charge in [-0.05, 0) is 37.7 Å². The van der Waals surface area contributed by atoms with Crippen molar-refractivity contribution >= 4 is 0 Å². The Morgan fingerprint density at radius 3 is 2.57 bits per heavy atom. The maximum atomic E-state index is 10.0. The highest BCUT2D eigenvalue weighted by molar-refractivity contribution is 5.51. The summed E-state index contributed by atoms with van der Waals surface area (Å²) in [5, 5.41) is 13.6. The Kier molecular flexibility index (Phi) is 4.54. The van der Waals surface area contributed by atoms with E-state index in [9.17, 15) is 5.11 Å². The first-order chi connectivity index (χ1) is 10.3. The van der Waals surface area contributed by atoms with Gasteiger partial charge in [0.05, 0.1) is 0 Å². The third-order valence-electron chi connectivity index (χ3n) is 4.70. The molecular formula is C17H25NO3. The second kappa shape index (κ2) is 6.56. The van der Waals surface area contributed by atoms with Gasteiger partial charge < -0.3 is 19.9 Å². The number of ether oxygens (including phenoxy) is 2. The highest BCUT2D eigenvalue weighted by Crippen LogP contribution is 2.37. The predicted molar refractivity (Wildman–Crippen MR) is 81.7 cm³/mol. The summed E-state index contributed by atoms with van der Waals surface area (Å²) in [5.74, 6) is 2.57. The minimum atomic E-state index is 0.243. The molecule has 1 aromatic carbocycles. The molecule has 0 aromatic heterocycles. The summed E-state index contributed by atoms with van der Waals surface area (Å²) in [6, 6.07) is 4.10. The standard InChI is InChI=1S/C17H25NO3/c1-2-3-12-4-6-14(7-5-12)18-10-13-8-16-17(9-15(13)19)21-11-20-16/h8-9,12,14,18-19H,2-7,10-11H2,1H3. The molecule has 0 atom stereocenters. The topological polar surface area (TPSA) is 50.7 Å². The molecule has 0 amide bonds. The molecule has 1 heterocycles. The van der Waals surface area contributed by atoms with Gasteiger partial charge in [-0.25, -0.2) is 0 Å². The second-order valence-corrected chi connectivity index (χ2v) is 6.22. The first kappa shape index (κ1) is 14.5. The van der Waals surface area contributed by atoms with E-state index >= 15 is 0 Å². The van der Waals surface area contributed by atoms with Crippen molar-refractivity contribution in [2.45, 2.75) is 58.0 Å². The van der Waals surface area contributed by atoms with Crippen molar-refractivity contribution in [1.29, 1.82) is 0 Å². The van der Waals surface area contributed by atoms with E-state index in [4.69, 9.17) is 9.47 Å². The van der Waals surface area contributed by atoms with Crippen LogP contribution in [0, 0.1) is 5.92 Å². The van der Waals surface area contributed by atoms with Crippen LogP contribution >= 0.6 is 0 Å². The summed E-state index contributed by atoms with van der Waals surface area (Å²) in [6.07, 6.45) is 7.83. The fourth-order valence-electron chi connectivity index (χ4n) is 3.43. The molecule has 0 radical (unpaired) electrons. The molecule has 2 N–H and O–H groups in total. The number of nitrogens with one attached hydrogen (secondary N) is 1. The SMILES string of the molecule is CCCC1CCC(NCc2cc3c(cc2O)OCO3)CC1. The third-order valence-corrected chi connectivity index (χ3v) is 4.70. The van der Waals surface area contributed by atoms with Gasteiger partial charge >= 0.3 is 0 Å². The Bertz CT molecular complexity index is 481. The number of benzene rings is 1. The molecule has 4 heteroatoms. The van der Waals surface area contributed by atoms with Gasteiger partial charge in [0.2, 0.25) is 6.79 Å². The Balaban J connectivity index is 1.52. The van der Waals surface area contributed by atoms with Crippen molar-refractivity contribution in [3.63, 3.8) is 0 Å². The molecule has 0 saturated heterocycles. The van der Waals surface area contributed by atoms with Crippen molar-refractivity contribution < 1.29 is 14.6 Å². The van der Waals surface area contributed by atoms with Crippen LogP contribution in [-0.2, 0) is 6.54 Å². The molecule has 2 aliphatic rings. The summed E-state index contributed by atoms with van der Waals surface area (Å²) in [6.45, 7) is 3.20. The van der Waals surface area contributed by atoms with Crippen molar-refractivity contribution in [3.05, 3.63) is 17.7 Å². The lowest BCUT2D eigenvalue weighted by atomic mass is 9.83. The number of phenols is 1. The maximum absolute atomic E-state index is 10.0. The van der Waals surface area contributed by atoms with Crippen molar-refractivity contribution in [2.24, 2.45) is 5.92 Å². The number of hydrogen-bond acceptors (Lipinski definition) is 4. The van der Waals surface area contributed by atoms with Gasteiger partial charge in [-0.3, -0.25) is 0 Å². The highest BCUT2D eigenvalue weighted by atomic mass is 16.7. The number of rotatable bonds is 5. The molecule has 0 bridgehead atoms. The van der Waals surface area contributed by atoms with Crippen LogP contribution in [0.2, 0.25) is 0 Å². The number of hydrogen-bond donors (Lipinski definition) is 2. The van der Waals surface area contributed by atoms with Gasteiger partial charge in [-0.1, -0.05) is 19.8 Å². The largest absolute Gasteiger partial charge is 0.507 e. The van der Waals surface area contributed by atoms with Gasteiger partial charge in [0, 0.05) is 24.2 Å². The zero-order chi connectivity index (χ0) is 14.7. The minimum absolute atomic E-state index is 0.243. The van der Waals surface area contributed by atoms with E-state index in [-0.39, 0.29) is 12.5 Å². The summed E-state index contributed by atoms with van der Waals surface area (Å²) >= 11 is 0. The summed E-state index contributed by atoms with van der Waals surface area (Å²) in [5.41, 5.74) is 0.884. The average Bonchev–Trinajstić information content (AvgIpc) is 2.93. The molecule has 1 aromatic rings. The van der Waals surface area contributed by atoms with E-state index < -0.39 is 0 Å². The molecule has 1 fully saturated rings. The summed E-state index contributed by atoms with van der Waals surface area (Å²) < 4.78 is 10.6. The molecule has 116 valence electrons. The van der Waals surface area contributed by atoms with Crippen LogP contribution in [0.4, 0.5) is 0 Å².